The van der Waals surface area contributed by atoms with Gasteiger partial charge in [0, 0.05) is 24.4 Å². The third kappa shape index (κ3) is 2.04. The number of hydrogen-bond donors (Lipinski definition) is 1. The number of ether oxygens (including phenoxy) is 1. The van der Waals surface area contributed by atoms with E-state index in [1.165, 1.54) is 12.0 Å². The summed E-state index contributed by atoms with van der Waals surface area (Å²) in [5.74, 6) is 1.05. The normalized spacial score (nSPS) is 38.7. The van der Waals surface area contributed by atoms with Crippen molar-refractivity contribution in [2.24, 2.45) is 22.7 Å². The largest absolute Gasteiger partial charge is 0.392 e. The van der Waals surface area contributed by atoms with E-state index in [0.717, 1.165) is 25.1 Å². The van der Waals surface area contributed by atoms with Crippen LogP contribution in [0.1, 0.15) is 44.8 Å². The van der Waals surface area contributed by atoms with E-state index in [9.17, 15) is 5.11 Å². The topological polar surface area (TPSA) is 47.3 Å². The van der Waals surface area contributed by atoms with Gasteiger partial charge in [0.1, 0.15) is 0 Å². The first-order valence-electron chi connectivity index (χ1n) is 9.42. The predicted molar refractivity (Wildman–Crippen MR) is 95.3 cm³/mol. The second-order valence-electron chi connectivity index (χ2n) is 8.78. The van der Waals surface area contributed by atoms with E-state index in [-0.39, 0.29) is 23.0 Å². The van der Waals surface area contributed by atoms with Gasteiger partial charge in [-0.25, -0.2) is 4.68 Å². The van der Waals surface area contributed by atoms with Crippen LogP contribution in [0.3, 0.4) is 0 Å². The van der Waals surface area contributed by atoms with Crippen LogP contribution in [0.25, 0.3) is 5.69 Å². The van der Waals surface area contributed by atoms with Gasteiger partial charge in [-0.15, -0.1) is 0 Å². The maximum Gasteiger partial charge on any atom is 0.0859 e. The summed E-state index contributed by atoms with van der Waals surface area (Å²) in [6.45, 7) is 5.25. The molecule has 1 spiro atoms. The second-order valence-corrected chi connectivity index (χ2v) is 8.78. The fourth-order valence-corrected chi connectivity index (χ4v) is 5.99. The average Bonchev–Trinajstić information content (AvgIpc) is 3.32. The first kappa shape index (κ1) is 15.6. The van der Waals surface area contributed by atoms with Crippen LogP contribution in [-0.4, -0.2) is 27.6 Å². The van der Waals surface area contributed by atoms with Gasteiger partial charge in [-0.3, -0.25) is 0 Å². The standard InChI is InChI=1S/C21H26N2O2/c1-20(2)15-12-17-18(25-11-8-21(17,13-15)19(20)24)14-4-6-16(7-5-14)23-10-3-9-22-23/h3-7,9-10,15,17-19,24H,8,11-13H2,1-2H3/t15-,17-,18-,19-,21?/m1/s1. The van der Waals surface area contributed by atoms with Gasteiger partial charge in [-0.1, -0.05) is 26.0 Å². The summed E-state index contributed by atoms with van der Waals surface area (Å²) in [5, 5.41) is 15.4. The molecular weight excluding hydrogens is 312 g/mol. The lowest BCUT2D eigenvalue weighted by atomic mass is 9.60. The molecule has 1 saturated heterocycles. The molecule has 0 radical (unpaired) electrons. The Balaban J connectivity index is 1.46. The molecule has 0 amide bonds. The van der Waals surface area contributed by atoms with Crippen LogP contribution in [0, 0.1) is 22.7 Å². The van der Waals surface area contributed by atoms with Crippen LogP contribution in [-0.2, 0) is 4.74 Å². The fraction of sp³-hybridized carbons (Fsp3) is 0.571. The summed E-state index contributed by atoms with van der Waals surface area (Å²) >= 11 is 0. The van der Waals surface area contributed by atoms with E-state index < -0.39 is 0 Å². The lowest BCUT2D eigenvalue weighted by molar-refractivity contribution is -0.164. The third-order valence-electron chi connectivity index (χ3n) is 7.43. The van der Waals surface area contributed by atoms with Gasteiger partial charge >= 0.3 is 0 Å². The van der Waals surface area contributed by atoms with Gasteiger partial charge < -0.3 is 9.84 Å². The Morgan fingerprint density at radius 2 is 2.04 bits per heavy atom. The molecule has 1 aromatic carbocycles. The minimum atomic E-state index is -0.210. The van der Waals surface area contributed by atoms with E-state index in [1.54, 1.807) is 6.20 Å². The Bertz CT molecular complexity index is 768. The Labute approximate surface area is 148 Å². The highest BCUT2D eigenvalue weighted by molar-refractivity contribution is 5.35. The molecule has 3 fully saturated rings. The SMILES string of the molecule is CC1(C)[C@@H]2C[C@@H]3[C@@H](c4ccc(-n5cccn5)cc4)OCCC3(C2)[C@@H]1O. The monoisotopic (exact) mass is 338 g/mol. The molecule has 1 unspecified atom stereocenters. The lowest BCUT2D eigenvalue weighted by Gasteiger charge is -2.51. The zero-order valence-electron chi connectivity index (χ0n) is 14.9. The molecule has 2 aromatic rings. The van der Waals surface area contributed by atoms with Crippen molar-refractivity contribution in [2.45, 2.75) is 45.3 Å². The number of aliphatic hydroxyl groups excluding tert-OH is 1. The molecule has 4 nitrogen and oxygen atoms in total. The zero-order chi connectivity index (χ0) is 17.2. The van der Waals surface area contributed by atoms with Gasteiger partial charge in [-0.05, 0) is 60.3 Å². The molecule has 132 valence electrons. The number of aliphatic hydroxyl groups is 1. The molecule has 2 saturated carbocycles. The van der Waals surface area contributed by atoms with Gasteiger partial charge in [0.05, 0.1) is 17.9 Å². The number of hydrogen-bond acceptors (Lipinski definition) is 3. The minimum Gasteiger partial charge on any atom is -0.392 e. The Hall–Kier alpha value is -1.65. The fourth-order valence-electron chi connectivity index (χ4n) is 5.99. The Morgan fingerprint density at radius 1 is 1.24 bits per heavy atom. The van der Waals surface area contributed by atoms with Crippen molar-refractivity contribution in [3.63, 3.8) is 0 Å². The van der Waals surface area contributed by atoms with Crippen molar-refractivity contribution in [3.8, 4) is 5.69 Å². The van der Waals surface area contributed by atoms with E-state index in [4.69, 9.17) is 4.74 Å². The Morgan fingerprint density at radius 3 is 2.72 bits per heavy atom. The molecule has 2 bridgehead atoms. The van der Waals surface area contributed by atoms with Crippen molar-refractivity contribution < 1.29 is 9.84 Å². The van der Waals surface area contributed by atoms with Crippen LogP contribution in [0.15, 0.2) is 42.7 Å². The molecule has 4 heteroatoms. The van der Waals surface area contributed by atoms with Crippen molar-refractivity contribution >= 4 is 0 Å². The number of nitrogens with zero attached hydrogens (tertiary/aromatic N) is 2. The maximum absolute atomic E-state index is 11.1. The highest BCUT2D eigenvalue weighted by atomic mass is 16.5. The van der Waals surface area contributed by atoms with Gasteiger partial charge in [0.25, 0.3) is 0 Å². The van der Waals surface area contributed by atoms with Crippen LogP contribution in [0.5, 0.6) is 0 Å². The molecule has 3 aliphatic rings. The first-order valence-corrected chi connectivity index (χ1v) is 9.42. The highest BCUT2D eigenvalue weighted by Crippen LogP contribution is 2.70. The van der Waals surface area contributed by atoms with Crippen LogP contribution < -0.4 is 0 Å². The van der Waals surface area contributed by atoms with Crippen LogP contribution in [0.4, 0.5) is 0 Å². The summed E-state index contributed by atoms with van der Waals surface area (Å²) in [4.78, 5) is 0. The summed E-state index contributed by atoms with van der Waals surface area (Å²) in [7, 11) is 0. The number of benzene rings is 1. The van der Waals surface area contributed by atoms with Crippen molar-refractivity contribution in [1.82, 2.24) is 9.78 Å². The summed E-state index contributed by atoms with van der Waals surface area (Å²) < 4.78 is 8.11. The summed E-state index contributed by atoms with van der Waals surface area (Å²) in [5.41, 5.74) is 2.39. The van der Waals surface area contributed by atoms with E-state index in [1.807, 2.05) is 16.9 Å². The second kappa shape index (κ2) is 5.18. The molecule has 5 rings (SSSR count). The molecule has 2 aliphatic carbocycles. The third-order valence-corrected chi connectivity index (χ3v) is 7.43. The van der Waals surface area contributed by atoms with Crippen molar-refractivity contribution in [2.75, 3.05) is 6.61 Å². The van der Waals surface area contributed by atoms with E-state index in [2.05, 4.69) is 43.2 Å². The molecule has 1 aromatic heterocycles. The number of rotatable bonds is 2. The van der Waals surface area contributed by atoms with Gasteiger partial charge in [0.15, 0.2) is 0 Å². The zero-order valence-corrected chi connectivity index (χ0v) is 14.9. The van der Waals surface area contributed by atoms with Crippen molar-refractivity contribution in [1.29, 1.82) is 0 Å². The molecule has 1 aliphatic heterocycles. The van der Waals surface area contributed by atoms with E-state index in [0.29, 0.717) is 11.8 Å². The van der Waals surface area contributed by atoms with E-state index >= 15 is 0 Å². The van der Waals surface area contributed by atoms with Crippen LogP contribution in [0.2, 0.25) is 0 Å². The number of aromatic nitrogens is 2. The lowest BCUT2D eigenvalue weighted by Crippen LogP contribution is -2.51. The maximum atomic E-state index is 11.1. The molecule has 5 atom stereocenters. The number of fused-ring (bicyclic) bond motifs is 1. The summed E-state index contributed by atoms with van der Waals surface area (Å²) in [6.07, 6.45) is 6.98. The van der Waals surface area contributed by atoms with Crippen LogP contribution >= 0.6 is 0 Å². The van der Waals surface area contributed by atoms with Crippen molar-refractivity contribution in [3.05, 3.63) is 48.3 Å². The molecule has 25 heavy (non-hydrogen) atoms. The first-order chi connectivity index (χ1) is 12.0. The minimum absolute atomic E-state index is 0.0440. The quantitative estimate of drug-likeness (QED) is 0.907. The predicted octanol–water partition coefficient (Wildman–Crippen LogP) is 3.75. The van der Waals surface area contributed by atoms with Gasteiger partial charge in [0.2, 0.25) is 0 Å². The Kier molecular flexibility index (Phi) is 3.23. The molecular formula is C21H26N2O2. The molecule has 1 N–H and O–H groups in total. The average molecular weight is 338 g/mol. The highest BCUT2D eigenvalue weighted by Gasteiger charge is 2.67. The summed E-state index contributed by atoms with van der Waals surface area (Å²) in [6, 6.07) is 10.5. The smallest absolute Gasteiger partial charge is 0.0859 e. The van der Waals surface area contributed by atoms with Gasteiger partial charge in [-0.2, -0.15) is 5.10 Å². The molecule has 2 heterocycles.